The van der Waals surface area contributed by atoms with Crippen molar-refractivity contribution >= 4 is 17.3 Å². The fourth-order valence-electron chi connectivity index (χ4n) is 3.56. The third-order valence-electron chi connectivity index (χ3n) is 5.00. The Hall–Kier alpha value is -2.92. The summed E-state index contributed by atoms with van der Waals surface area (Å²) in [5.41, 5.74) is 3.67. The summed E-state index contributed by atoms with van der Waals surface area (Å²) in [5.74, 6) is 2.58. The molecule has 5 nitrogen and oxygen atoms in total. The van der Waals surface area contributed by atoms with Crippen LogP contribution in [0.4, 0.5) is 17.3 Å². The van der Waals surface area contributed by atoms with E-state index in [4.69, 9.17) is 9.97 Å². The second kappa shape index (κ2) is 8.40. The maximum atomic E-state index is 4.93. The molecule has 2 heterocycles. The Morgan fingerprint density at radius 3 is 2.61 bits per heavy atom. The second-order valence-electron chi connectivity index (χ2n) is 7.41. The molecule has 0 saturated carbocycles. The Labute approximate surface area is 167 Å². The van der Waals surface area contributed by atoms with Gasteiger partial charge in [0.15, 0.2) is 5.82 Å². The zero-order valence-electron chi connectivity index (χ0n) is 16.6. The summed E-state index contributed by atoms with van der Waals surface area (Å²) >= 11 is 0. The normalized spacial score (nSPS) is 13.5. The summed E-state index contributed by atoms with van der Waals surface area (Å²) in [7, 11) is 4.15. The summed E-state index contributed by atoms with van der Waals surface area (Å²) in [5, 5.41) is 3.47. The molecule has 144 valence electrons. The van der Waals surface area contributed by atoms with Gasteiger partial charge in [0, 0.05) is 37.0 Å². The molecule has 0 amide bonds. The topological polar surface area (TPSA) is 44.3 Å². The second-order valence-corrected chi connectivity index (χ2v) is 7.41. The molecule has 0 fully saturated rings. The Balaban J connectivity index is 1.72. The Kier molecular flexibility index (Phi) is 5.53. The molecular weight excluding hydrogens is 346 g/mol. The first-order valence-electron chi connectivity index (χ1n) is 9.89. The van der Waals surface area contributed by atoms with Gasteiger partial charge in [0.05, 0.1) is 0 Å². The summed E-state index contributed by atoms with van der Waals surface area (Å²) in [6.07, 6.45) is 2.25. The molecule has 4 rings (SSSR count). The summed E-state index contributed by atoms with van der Waals surface area (Å²) in [6.45, 7) is 2.76. The molecule has 1 aromatic heterocycles. The predicted octanol–water partition coefficient (Wildman–Crippen LogP) is 4.20. The minimum absolute atomic E-state index is 0.758. The van der Waals surface area contributed by atoms with Crippen molar-refractivity contribution < 1.29 is 0 Å². The van der Waals surface area contributed by atoms with Crippen LogP contribution in [0.5, 0.6) is 0 Å². The van der Waals surface area contributed by atoms with Crippen molar-refractivity contribution in [2.24, 2.45) is 0 Å². The van der Waals surface area contributed by atoms with Crippen molar-refractivity contribution in [1.82, 2.24) is 14.9 Å². The predicted molar refractivity (Wildman–Crippen MR) is 116 cm³/mol. The number of likely N-dealkylation sites (N-methyl/N-ethyl adjacent to an activating group) is 1. The molecule has 0 saturated heterocycles. The first-order valence-corrected chi connectivity index (χ1v) is 9.89. The van der Waals surface area contributed by atoms with Crippen molar-refractivity contribution in [1.29, 1.82) is 0 Å². The highest BCUT2D eigenvalue weighted by Crippen LogP contribution is 2.34. The quantitative estimate of drug-likeness (QED) is 0.701. The third kappa shape index (κ3) is 4.15. The van der Waals surface area contributed by atoms with E-state index in [1.165, 1.54) is 11.3 Å². The van der Waals surface area contributed by atoms with E-state index in [9.17, 15) is 0 Å². The number of nitrogens with zero attached hydrogens (tertiary/aromatic N) is 4. The van der Waals surface area contributed by atoms with E-state index >= 15 is 0 Å². The zero-order valence-corrected chi connectivity index (χ0v) is 16.6. The number of benzene rings is 2. The number of rotatable bonds is 6. The highest BCUT2D eigenvalue weighted by molar-refractivity contribution is 5.69. The number of aryl methyl sites for hydroxylation is 1. The summed E-state index contributed by atoms with van der Waals surface area (Å²) in [6, 6.07) is 20.9. The molecule has 0 atom stereocenters. The van der Waals surface area contributed by atoms with E-state index in [0.29, 0.717) is 0 Å². The number of hydrogen-bond acceptors (Lipinski definition) is 5. The van der Waals surface area contributed by atoms with Crippen molar-refractivity contribution in [3.63, 3.8) is 0 Å². The van der Waals surface area contributed by atoms with Gasteiger partial charge in [0.2, 0.25) is 0 Å². The van der Waals surface area contributed by atoms with Crippen LogP contribution in [0, 0.1) is 0 Å². The van der Waals surface area contributed by atoms with Crippen LogP contribution in [0.15, 0.2) is 60.7 Å². The van der Waals surface area contributed by atoms with Crippen LogP contribution in [0.3, 0.4) is 0 Å². The first-order chi connectivity index (χ1) is 13.7. The zero-order chi connectivity index (χ0) is 19.3. The lowest BCUT2D eigenvalue weighted by Gasteiger charge is -2.30. The molecule has 3 aromatic rings. The van der Waals surface area contributed by atoms with Crippen LogP contribution in [-0.2, 0) is 6.42 Å². The molecule has 1 aliphatic rings. The van der Waals surface area contributed by atoms with Gasteiger partial charge in [0.25, 0.3) is 0 Å². The number of nitrogens with one attached hydrogen (secondary N) is 1. The van der Waals surface area contributed by atoms with Crippen molar-refractivity contribution in [2.75, 3.05) is 43.9 Å². The smallest absolute Gasteiger partial charge is 0.163 e. The van der Waals surface area contributed by atoms with E-state index in [2.05, 4.69) is 71.7 Å². The Morgan fingerprint density at radius 2 is 1.79 bits per heavy atom. The van der Waals surface area contributed by atoms with Gasteiger partial charge in [-0.15, -0.1) is 0 Å². The molecule has 5 heteroatoms. The Bertz CT molecular complexity index is 923. The average Bonchev–Trinajstić information content (AvgIpc) is 2.73. The van der Waals surface area contributed by atoms with Crippen LogP contribution in [0.25, 0.3) is 11.4 Å². The Morgan fingerprint density at radius 1 is 1.00 bits per heavy atom. The third-order valence-corrected chi connectivity index (χ3v) is 5.00. The SMILES string of the molecule is CN(C)CCNc1cc(N2CCCc3ccccc32)nc(-c2ccccc2)n1. The van der Waals surface area contributed by atoms with E-state index < -0.39 is 0 Å². The monoisotopic (exact) mass is 373 g/mol. The molecule has 0 aliphatic carbocycles. The molecular formula is C23H27N5. The minimum atomic E-state index is 0.758. The number of hydrogen-bond donors (Lipinski definition) is 1. The van der Waals surface area contributed by atoms with Gasteiger partial charge in [-0.25, -0.2) is 9.97 Å². The highest BCUT2D eigenvalue weighted by atomic mass is 15.2. The minimum Gasteiger partial charge on any atom is -0.369 e. The molecule has 0 spiro atoms. The van der Waals surface area contributed by atoms with Crippen LogP contribution in [0.2, 0.25) is 0 Å². The van der Waals surface area contributed by atoms with E-state index in [0.717, 1.165) is 55.5 Å². The molecule has 0 unspecified atom stereocenters. The largest absolute Gasteiger partial charge is 0.369 e. The van der Waals surface area contributed by atoms with Gasteiger partial charge in [-0.05, 0) is 38.6 Å². The maximum absolute atomic E-state index is 4.93. The van der Waals surface area contributed by atoms with Gasteiger partial charge in [-0.2, -0.15) is 0 Å². The van der Waals surface area contributed by atoms with Crippen LogP contribution in [-0.4, -0.2) is 48.6 Å². The number of fused-ring (bicyclic) bond motifs is 1. The number of para-hydroxylation sites is 1. The molecule has 0 radical (unpaired) electrons. The fourth-order valence-corrected chi connectivity index (χ4v) is 3.56. The lowest BCUT2D eigenvalue weighted by molar-refractivity contribution is 0.425. The maximum Gasteiger partial charge on any atom is 0.163 e. The van der Waals surface area contributed by atoms with E-state index in [1.54, 1.807) is 0 Å². The molecule has 28 heavy (non-hydrogen) atoms. The molecule has 1 N–H and O–H groups in total. The average molecular weight is 374 g/mol. The number of anilines is 3. The summed E-state index contributed by atoms with van der Waals surface area (Å²) in [4.78, 5) is 14.2. The fraction of sp³-hybridized carbons (Fsp3) is 0.304. The molecule has 0 bridgehead atoms. The van der Waals surface area contributed by atoms with Gasteiger partial charge >= 0.3 is 0 Å². The van der Waals surface area contributed by atoms with Crippen LogP contribution < -0.4 is 10.2 Å². The highest BCUT2D eigenvalue weighted by Gasteiger charge is 2.20. The number of aromatic nitrogens is 2. The van der Waals surface area contributed by atoms with Crippen molar-refractivity contribution in [3.05, 3.63) is 66.2 Å². The van der Waals surface area contributed by atoms with Gasteiger partial charge in [-0.1, -0.05) is 48.5 Å². The molecule has 1 aliphatic heterocycles. The lowest BCUT2D eigenvalue weighted by Crippen LogP contribution is -2.26. The van der Waals surface area contributed by atoms with Gasteiger partial charge < -0.3 is 15.1 Å². The lowest BCUT2D eigenvalue weighted by atomic mass is 10.0. The standard InChI is InChI=1S/C23H27N5/c1-27(2)16-14-24-21-17-22(26-23(25-21)19-10-4-3-5-11-19)28-15-8-12-18-9-6-7-13-20(18)28/h3-7,9-11,13,17H,8,12,14-16H2,1-2H3,(H,24,25,26). The van der Waals surface area contributed by atoms with Crippen LogP contribution in [0.1, 0.15) is 12.0 Å². The van der Waals surface area contributed by atoms with Crippen molar-refractivity contribution in [2.45, 2.75) is 12.8 Å². The van der Waals surface area contributed by atoms with Gasteiger partial charge in [-0.3, -0.25) is 0 Å². The molecule has 2 aromatic carbocycles. The van der Waals surface area contributed by atoms with E-state index in [1.807, 2.05) is 18.2 Å². The van der Waals surface area contributed by atoms with Crippen LogP contribution >= 0.6 is 0 Å². The van der Waals surface area contributed by atoms with E-state index in [-0.39, 0.29) is 0 Å². The van der Waals surface area contributed by atoms with Crippen molar-refractivity contribution in [3.8, 4) is 11.4 Å². The summed E-state index contributed by atoms with van der Waals surface area (Å²) < 4.78 is 0. The van der Waals surface area contributed by atoms with Gasteiger partial charge in [0.1, 0.15) is 11.6 Å². The first kappa shape index (κ1) is 18.4.